The largest absolute Gasteiger partial charge is 0.465 e. The molecule has 1 amide bonds. The van der Waals surface area contributed by atoms with Gasteiger partial charge in [-0.15, -0.1) is 0 Å². The van der Waals surface area contributed by atoms with Crippen LogP contribution in [0.1, 0.15) is 31.2 Å². The van der Waals surface area contributed by atoms with E-state index in [1.165, 1.54) is 32.4 Å². The quantitative estimate of drug-likeness (QED) is 0.565. The van der Waals surface area contributed by atoms with E-state index in [1.54, 1.807) is 6.07 Å². The molecule has 0 saturated carbocycles. The molecular weight excluding hydrogens is 442 g/mol. The monoisotopic (exact) mass is 457 g/mol. The summed E-state index contributed by atoms with van der Waals surface area (Å²) in [4.78, 5) is 36.5. The molecule has 0 aliphatic carbocycles. The minimum Gasteiger partial charge on any atom is -0.465 e. The third-order valence-electron chi connectivity index (χ3n) is 4.06. The normalized spacial score (nSPS) is 10.3. The zero-order chi connectivity index (χ0) is 21.0. The van der Waals surface area contributed by atoms with Gasteiger partial charge in [0.1, 0.15) is 5.69 Å². The van der Waals surface area contributed by atoms with Crippen LogP contribution in [-0.4, -0.2) is 42.3 Å². The summed E-state index contributed by atoms with van der Waals surface area (Å²) in [5.41, 5.74) is 1.98. The minimum atomic E-state index is -0.656. The van der Waals surface area contributed by atoms with E-state index in [-0.39, 0.29) is 22.5 Å². The average molecular weight is 458 g/mol. The standard InChI is InChI=1S/C20H16BrN3O5/c1-28-19(26)12-5-8-14(20(27)29-2)16(9-12)22-18(25)17-10-15(23-24-17)11-3-6-13(21)7-4-11/h3-10H,1-2H3,(H,22,25)(H,23,24). The molecule has 0 radical (unpaired) electrons. The van der Waals surface area contributed by atoms with Gasteiger partial charge in [-0.3, -0.25) is 9.89 Å². The molecule has 0 unspecified atom stereocenters. The Balaban J connectivity index is 1.88. The van der Waals surface area contributed by atoms with Crippen LogP contribution in [0.4, 0.5) is 5.69 Å². The Labute approximate surface area is 174 Å². The van der Waals surface area contributed by atoms with Gasteiger partial charge < -0.3 is 14.8 Å². The molecule has 0 spiro atoms. The lowest BCUT2D eigenvalue weighted by Gasteiger charge is -2.10. The summed E-state index contributed by atoms with van der Waals surface area (Å²) in [7, 11) is 2.46. The molecule has 0 aliphatic rings. The summed E-state index contributed by atoms with van der Waals surface area (Å²) in [5, 5.41) is 9.42. The molecule has 9 heteroatoms. The number of aromatic nitrogens is 2. The fraction of sp³-hybridized carbons (Fsp3) is 0.100. The molecule has 0 aliphatic heterocycles. The highest BCUT2D eigenvalue weighted by molar-refractivity contribution is 9.10. The van der Waals surface area contributed by atoms with Crippen LogP contribution in [0, 0.1) is 0 Å². The Morgan fingerprint density at radius 3 is 2.31 bits per heavy atom. The molecule has 0 saturated heterocycles. The molecule has 3 rings (SSSR count). The first-order chi connectivity index (χ1) is 13.9. The number of nitrogens with one attached hydrogen (secondary N) is 2. The van der Waals surface area contributed by atoms with Crippen LogP contribution in [0.25, 0.3) is 11.3 Å². The van der Waals surface area contributed by atoms with Gasteiger partial charge in [0.05, 0.1) is 36.7 Å². The Bertz CT molecular complexity index is 1080. The molecule has 29 heavy (non-hydrogen) atoms. The first kappa shape index (κ1) is 20.3. The predicted octanol–water partition coefficient (Wildman–Crippen LogP) is 3.66. The van der Waals surface area contributed by atoms with Gasteiger partial charge in [-0.05, 0) is 36.4 Å². The van der Waals surface area contributed by atoms with Gasteiger partial charge in [-0.2, -0.15) is 5.10 Å². The third-order valence-corrected chi connectivity index (χ3v) is 4.59. The number of carbonyl (C=O) groups excluding carboxylic acids is 3. The van der Waals surface area contributed by atoms with Crippen LogP contribution in [0.5, 0.6) is 0 Å². The Hall–Kier alpha value is -3.46. The van der Waals surface area contributed by atoms with Crippen LogP contribution in [0.15, 0.2) is 53.0 Å². The summed E-state index contributed by atoms with van der Waals surface area (Å²) in [6.07, 6.45) is 0. The summed E-state index contributed by atoms with van der Waals surface area (Å²) in [6.45, 7) is 0. The molecule has 0 bridgehead atoms. The molecule has 0 atom stereocenters. The number of halogens is 1. The topological polar surface area (TPSA) is 110 Å². The van der Waals surface area contributed by atoms with E-state index in [9.17, 15) is 14.4 Å². The fourth-order valence-corrected chi connectivity index (χ4v) is 2.84. The molecule has 2 N–H and O–H groups in total. The summed E-state index contributed by atoms with van der Waals surface area (Å²) >= 11 is 3.37. The van der Waals surface area contributed by atoms with Crippen molar-refractivity contribution in [2.75, 3.05) is 19.5 Å². The second-order valence-electron chi connectivity index (χ2n) is 5.87. The Kier molecular flexibility index (Phi) is 6.08. The number of rotatable bonds is 5. The third kappa shape index (κ3) is 4.52. The lowest BCUT2D eigenvalue weighted by molar-refractivity contribution is 0.0587. The summed E-state index contributed by atoms with van der Waals surface area (Å²) in [6, 6.07) is 13.2. The fourth-order valence-electron chi connectivity index (χ4n) is 2.58. The number of methoxy groups -OCH3 is 2. The smallest absolute Gasteiger partial charge is 0.339 e. The van der Waals surface area contributed by atoms with E-state index < -0.39 is 17.8 Å². The molecule has 8 nitrogen and oxygen atoms in total. The average Bonchev–Trinajstić information content (AvgIpc) is 3.23. The van der Waals surface area contributed by atoms with E-state index in [1.807, 2.05) is 24.3 Å². The highest BCUT2D eigenvalue weighted by Gasteiger charge is 2.19. The van der Waals surface area contributed by atoms with Crippen LogP contribution < -0.4 is 5.32 Å². The minimum absolute atomic E-state index is 0.0983. The van der Waals surface area contributed by atoms with Crippen LogP contribution >= 0.6 is 15.9 Å². The number of esters is 2. The SMILES string of the molecule is COC(=O)c1ccc(C(=O)OC)c(NC(=O)c2cc(-c3ccc(Br)cc3)n[nH]2)c1. The number of hydrogen-bond donors (Lipinski definition) is 2. The van der Waals surface area contributed by atoms with E-state index in [2.05, 4.69) is 36.2 Å². The predicted molar refractivity (Wildman–Crippen MR) is 109 cm³/mol. The molecule has 3 aromatic rings. The van der Waals surface area contributed by atoms with Gasteiger partial charge in [0.2, 0.25) is 0 Å². The number of nitrogens with zero attached hydrogens (tertiary/aromatic N) is 1. The number of hydrogen-bond acceptors (Lipinski definition) is 6. The van der Waals surface area contributed by atoms with Crippen molar-refractivity contribution < 1.29 is 23.9 Å². The Morgan fingerprint density at radius 2 is 1.66 bits per heavy atom. The van der Waals surface area contributed by atoms with Crippen molar-refractivity contribution in [3.63, 3.8) is 0 Å². The number of H-pyrrole nitrogens is 1. The van der Waals surface area contributed by atoms with Gasteiger partial charge in [-0.1, -0.05) is 28.1 Å². The lowest BCUT2D eigenvalue weighted by atomic mass is 10.1. The van der Waals surface area contributed by atoms with Crippen molar-refractivity contribution in [2.45, 2.75) is 0 Å². The first-order valence-electron chi connectivity index (χ1n) is 8.36. The number of ether oxygens (including phenoxy) is 2. The maximum Gasteiger partial charge on any atom is 0.339 e. The molecule has 0 fully saturated rings. The summed E-state index contributed by atoms with van der Waals surface area (Å²) in [5.74, 6) is -1.79. The number of carbonyl (C=O) groups is 3. The number of aromatic amines is 1. The zero-order valence-corrected chi connectivity index (χ0v) is 17.1. The van der Waals surface area contributed by atoms with Crippen molar-refractivity contribution in [1.29, 1.82) is 0 Å². The molecule has 148 valence electrons. The second-order valence-corrected chi connectivity index (χ2v) is 6.79. The first-order valence-corrected chi connectivity index (χ1v) is 9.15. The molecule has 1 aromatic heterocycles. The Morgan fingerprint density at radius 1 is 0.966 bits per heavy atom. The maximum atomic E-state index is 12.7. The van der Waals surface area contributed by atoms with Gasteiger partial charge in [0, 0.05) is 10.0 Å². The van der Waals surface area contributed by atoms with E-state index in [0.717, 1.165) is 10.0 Å². The zero-order valence-electron chi connectivity index (χ0n) is 15.5. The molecule has 2 aromatic carbocycles. The van der Waals surface area contributed by atoms with E-state index in [0.29, 0.717) is 5.69 Å². The lowest BCUT2D eigenvalue weighted by Crippen LogP contribution is -2.17. The van der Waals surface area contributed by atoms with Gasteiger partial charge in [-0.25, -0.2) is 9.59 Å². The van der Waals surface area contributed by atoms with Crippen molar-refractivity contribution in [1.82, 2.24) is 10.2 Å². The van der Waals surface area contributed by atoms with E-state index in [4.69, 9.17) is 4.74 Å². The van der Waals surface area contributed by atoms with Crippen molar-refractivity contribution in [3.8, 4) is 11.3 Å². The molecule has 1 heterocycles. The van der Waals surface area contributed by atoms with Crippen molar-refractivity contribution >= 4 is 39.5 Å². The van der Waals surface area contributed by atoms with Crippen molar-refractivity contribution in [2.24, 2.45) is 0 Å². The van der Waals surface area contributed by atoms with Gasteiger partial charge in [0.25, 0.3) is 5.91 Å². The highest BCUT2D eigenvalue weighted by atomic mass is 79.9. The van der Waals surface area contributed by atoms with Gasteiger partial charge in [0.15, 0.2) is 0 Å². The number of amides is 1. The van der Waals surface area contributed by atoms with E-state index >= 15 is 0 Å². The van der Waals surface area contributed by atoms with Crippen LogP contribution in [0.3, 0.4) is 0 Å². The van der Waals surface area contributed by atoms with Crippen LogP contribution in [-0.2, 0) is 9.47 Å². The highest BCUT2D eigenvalue weighted by Crippen LogP contribution is 2.23. The number of anilines is 1. The summed E-state index contributed by atoms with van der Waals surface area (Å²) < 4.78 is 10.3. The second kappa shape index (κ2) is 8.70. The number of benzene rings is 2. The molecular formula is C20H16BrN3O5. The van der Waals surface area contributed by atoms with Crippen LogP contribution in [0.2, 0.25) is 0 Å². The maximum absolute atomic E-state index is 12.7. The van der Waals surface area contributed by atoms with Gasteiger partial charge >= 0.3 is 11.9 Å². The van der Waals surface area contributed by atoms with Crippen molar-refractivity contribution in [3.05, 3.63) is 69.8 Å².